The van der Waals surface area contributed by atoms with Crippen LogP contribution in [0.4, 0.5) is 0 Å². The molecule has 2 rings (SSSR count). The summed E-state index contributed by atoms with van der Waals surface area (Å²) in [5.74, 6) is 0.661. The maximum absolute atomic E-state index is 12.2. The lowest BCUT2D eigenvalue weighted by Crippen LogP contribution is -2.28. The van der Waals surface area contributed by atoms with E-state index in [1.54, 1.807) is 7.11 Å². The van der Waals surface area contributed by atoms with Crippen molar-refractivity contribution in [3.8, 4) is 5.75 Å². The van der Waals surface area contributed by atoms with E-state index in [1.807, 2.05) is 31.2 Å². The molecule has 20 heavy (non-hydrogen) atoms. The molecule has 108 valence electrons. The predicted octanol–water partition coefficient (Wildman–Crippen LogP) is 1.85. The van der Waals surface area contributed by atoms with Gasteiger partial charge in [0.2, 0.25) is 10.0 Å². The highest BCUT2D eigenvalue weighted by atomic mass is 32.2. The van der Waals surface area contributed by atoms with Crippen molar-refractivity contribution in [1.29, 1.82) is 0 Å². The molecule has 0 amide bonds. The highest BCUT2D eigenvalue weighted by Gasteiger charge is 2.22. The second-order valence-corrected chi connectivity index (χ2v) is 5.97. The molecule has 0 saturated heterocycles. The third kappa shape index (κ3) is 3.00. The molecule has 0 radical (unpaired) electrons. The third-order valence-corrected chi connectivity index (χ3v) is 4.44. The molecule has 0 bridgehead atoms. The minimum Gasteiger partial charge on any atom is -0.496 e. The van der Waals surface area contributed by atoms with E-state index < -0.39 is 10.0 Å². The number of rotatable bonds is 6. The fourth-order valence-corrected chi connectivity index (χ4v) is 3.17. The Morgan fingerprint density at radius 2 is 2.15 bits per heavy atom. The van der Waals surface area contributed by atoms with Gasteiger partial charge < -0.3 is 4.74 Å². The SMILES string of the molecule is CCC(NS(=O)(=O)c1cn[nH]c1)c1ccccc1OC. The Morgan fingerprint density at radius 3 is 2.75 bits per heavy atom. The molecule has 0 aliphatic heterocycles. The van der Waals surface area contributed by atoms with Gasteiger partial charge in [0, 0.05) is 11.8 Å². The Bertz CT molecular complexity index is 653. The van der Waals surface area contributed by atoms with Gasteiger partial charge in [-0.25, -0.2) is 13.1 Å². The standard InChI is InChI=1S/C13H17N3O3S/c1-3-12(11-6-4-5-7-13(11)19-2)16-20(17,18)10-8-14-15-9-10/h4-9,12,16H,3H2,1-2H3,(H,14,15). The van der Waals surface area contributed by atoms with Crippen molar-refractivity contribution >= 4 is 10.0 Å². The van der Waals surface area contributed by atoms with Crippen molar-refractivity contribution in [2.45, 2.75) is 24.3 Å². The topological polar surface area (TPSA) is 84.1 Å². The largest absolute Gasteiger partial charge is 0.496 e. The zero-order valence-electron chi connectivity index (χ0n) is 11.3. The van der Waals surface area contributed by atoms with Gasteiger partial charge >= 0.3 is 0 Å². The van der Waals surface area contributed by atoms with Gasteiger partial charge in [-0.3, -0.25) is 5.10 Å². The van der Waals surface area contributed by atoms with Crippen molar-refractivity contribution in [2.24, 2.45) is 0 Å². The van der Waals surface area contributed by atoms with Crippen LogP contribution in [0.2, 0.25) is 0 Å². The molecule has 7 heteroatoms. The summed E-state index contributed by atoms with van der Waals surface area (Å²) >= 11 is 0. The van der Waals surface area contributed by atoms with Crippen LogP contribution in [-0.2, 0) is 10.0 Å². The minimum atomic E-state index is -3.60. The molecule has 6 nitrogen and oxygen atoms in total. The zero-order valence-corrected chi connectivity index (χ0v) is 12.1. The average molecular weight is 295 g/mol. The molecule has 1 aromatic heterocycles. The van der Waals surface area contributed by atoms with Crippen LogP contribution in [0.15, 0.2) is 41.6 Å². The summed E-state index contributed by atoms with van der Waals surface area (Å²) in [6, 6.07) is 7.01. The van der Waals surface area contributed by atoms with E-state index >= 15 is 0 Å². The first-order valence-corrected chi connectivity index (χ1v) is 7.71. The predicted molar refractivity (Wildman–Crippen MR) is 74.9 cm³/mol. The molecule has 0 spiro atoms. The first-order valence-electron chi connectivity index (χ1n) is 6.22. The molecular weight excluding hydrogens is 278 g/mol. The lowest BCUT2D eigenvalue weighted by Gasteiger charge is -2.19. The number of nitrogens with one attached hydrogen (secondary N) is 2. The second-order valence-electron chi connectivity index (χ2n) is 4.26. The number of ether oxygens (including phenoxy) is 1. The molecule has 1 heterocycles. The molecular formula is C13H17N3O3S. The number of para-hydroxylation sites is 1. The van der Waals surface area contributed by atoms with Gasteiger partial charge in [0.25, 0.3) is 0 Å². The maximum Gasteiger partial charge on any atom is 0.244 e. The molecule has 0 fully saturated rings. The van der Waals surface area contributed by atoms with Crippen molar-refractivity contribution in [2.75, 3.05) is 7.11 Å². The van der Waals surface area contributed by atoms with Crippen LogP contribution in [0, 0.1) is 0 Å². The molecule has 1 aromatic carbocycles. The number of sulfonamides is 1. The minimum absolute atomic E-state index is 0.117. The van der Waals surface area contributed by atoms with Crippen LogP contribution < -0.4 is 9.46 Å². The highest BCUT2D eigenvalue weighted by molar-refractivity contribution is 7.89. The van der Waals surface area contributed by atoms with Crippen LogP contribution in [-0.4, -0.2) is 25.7 Å². The molecule has 2 aromatic rings. The van der Waals surface area contributed by atoms with Gasteiger partial charge in [0.05, 0.1) is 19.3 Å². The molecule has 0 aliphatic carbocycles. The van der Waals surface area contributed by atoms with Gasteiger partial charge in [-0.1, -0.05) is 25.1 Å². The number of hydrogen-bond acceptors (Lipinski definition) is 4. The quantitative estimate of drug-likeness (QED) is 0.851. The van der Waals surface area contributed by atoms with Crippen LogP contribution in [0.5, 0.6) is 5.75 Å². The second kappa shape index (κ2) is 6.06. The van der Waals surface area contributed by atoms with Crippen LogP contribution in [0.1, 0.15) is 24.9 Å². The number of methoxy groups -OCH3 is 1. The Balaban J connectivity index is 2.30. The lowest BCUT2D eigenvalue weighted by atomic mass is 10.0. The third-order valence-electron chi connectivity index (χ3n) is 3.00. The number of benzene rings is 1. The van der Waals surface area contributed by atoms with Gasteiger partial charge in [0.15, 0.2) is 0 Å². The van der Waals surface area contributed by atoms with Crippen molar-refractivity contribution in [1.82, 2.24) is 14.9 Å². The van der Waals surface area contributed by atoms with Crippen molar-refractivity contribution in [3.05, 3.63) is 42.2 Å². The summed E-state index contributed by atoms with van der Waals surface area (Å²) in [4.78, 5) is 0.117. The number of H-pyrrole nitrogens is 1. The Labute approximate surface area is 118 Å². The van der Waals surface area contributed by atoms with Crippen molar-refractivity contribution < 1.29 is 13.2 Å². The lowest BCUT2D eigenvalue weighted by molar-refractivity contribution is 0.402. The van der Waals surface area contributed by atoms with Crippen LogP contribution >= 0.6 is 0 Å². The highest BCUT2D eigenvalue weighted by Crippen LogP contribution is 2.28. The van der Waals surface area contributed by atoms with E-state index in [9.17, 15) is 8.42 Å². The summed E-state index contributed by atoms with van der Waals surface area (Å²) in [5, 5.41) is 6.15. The summed E-state index contributed by atoms with van der Waals surface area (Å²) in [7, 11) is -2.04. The summed E-state index contributed by atoms with van der Waals surface area (Å²) in [6.07, 6.45) is 3.23. The molecule has 0 saturated carbocycles. The smallest absolute Gasteiger partial charge is 0.244 e. The van der Waals surface area contributed by atoms with E-state index in [0.29, 0.717) is 12.2 Å². The van der Waals surface area contributed by atoms with Gasteiger partial charge in [0.1, 0.15) is 10.6 Å². The fourth-order valence-electron chi connectivity index (χ4n) is 1.96. The molecule has 1 atom stereocenters. The summed E-state index contributed by atoms with van der Waals surface area (Å²) in [5.41, 5.74) is 0.810. The van der Waals surface area contributed by atoms with Crippen LogP contribution in [0.25, 0.3) is 0 Å². The van der Waals surface area contributed by atoms with Gasteiger partial charge in [-0.05, 0) is 12.5 Å². The van der Waals surface area contributed by atoms with E-state index in [-0.39, 0.29) is 10.9 Å². The number of nitrogens with zero attached hydrogens (tertiary/aromatic N) is 1. The van der Waals surface area contributed by atoms with Crippen LogP contribution in [0.3, 0.4) is 0 Å². The van der Waals surface area contributed by atoms with E-state index in [2.05, 4.69) is 14.9 Å². The molecule has 1 unspecified atom stereocenters. The number of aromatic nitrogens is 2. The maximum atomic E-state index is 12.2. The Hall–Kier alpha value is -1.86. The average Bonchev–Trinajstić information content (AvgIpc) is 3.00. The van der Waals surface area contributed by atoms with E-state index in [0.717, 1.165) is 5.56 Å². The van der Waals surface area contributed by atoms with E-state index in [1.165, 1.54) is 12.4 Å². The fraction of sp³-hybridized carbons (Fsp3) is 0.308. The summed E-state index contributed by atoms with van der Waals surface area (Å²) < 4.78 is 32.4. The number of hydrogen-bond donors (Lipinski definition) is 2. The van der Waals surface area contributed by atoms with Crippen molar-refractivity contribution in [3.63, 3.8) is 0 Å². The first kappa shape index (κ1) is 14.5. The Kier molecular flexibility index (Phi) is 4.41. The molecule has 2 N–H and O–H groups in total. The van der Waals surface area contributed by atoms with Gasteiger partial charge in [-0.2, -0.15) is 5.10 Å². The molecule has 0 aliphatic rings. The number of aromatic amines is 1. The van der Waals surface area contributed by atoms with E-state index in [4.69, 9.17) is 4.74 Å². The first-order chi connectivity index (χ1) is 9.58. The Morgan fingerprint density at radius 1 is 1.40 bits per heavy atom. The summed E-state index contributed by atoms with van der Waals surface area (Å²) in [6.45, 7) is 1.91. The zero-order chi connectivity index (χ0) is 14.6. The van der Waals surface area contributed by atoms with Gasteiger partial charge in [-0.15, -0.1) is 0 Å². The monoisotopic (exact) mass is 295 g/mol. The normalized spacial score (nSPS) is 13.1.